The van der Waals surface area contributed by atoms with E-state index in [2.05, 4.69) is 15.6 Å². The highest BCUT2D eigenvalue weighted by atomic mass is 19.4. The van der Waals surface area contributed by atoms with E-state index in [1.54, 1.807) is 0 Å². The molecule has 0 bridgehead atoms. The summed E-state index contributed by atoms with van der Waals surface area (Å²) in [6.45, 7) is 1.45. The second-order valence-electron chi connectivity index (χ2n) is 6.18. The zero-order chi connectivity index (χ0) is 17.8. The first-order valence-electron chi connectivity index (χ1n) is 7.64. The average molecular weight is 355 g/mol. The van der Waals surface area contributed by atoms with Crippen LogP contribution in [0.1, 0.15) is 22.6 Å². The maximum Gasteiger partial charge on any atom is 0.435 e. The lowest BCUT2D eigenvalue weighted by Gasteiger charge is -2.58. The van der Waals surface area contributed by atoms with E-state index in [0.29, 0.717) is 24.3 Å². The van der Waals surface area contributed by atoms with Crippen LogP contribution in [0.15, 0.2) is 24.3 Å². The Morgan fingerprint density at radius 3 is 2.48 bits per heavy atom. The van der Waals surface area contributed by atoms with E-state index >= 15 is 0 Å². The van der Waals surface area contributed by atoms with Crippen molar-refractivity contribution in [2.45, 2.75) is 18.1 Å². The van der Waals surface area contributed by atoms with Gasteiger partial charge < -0.3 is 10.2 Å². The molecule has 1 spiro atoms. The van der Waals surface area contributed by atoms with Crippen molar-refractivity contribution in [1.82, 2.24) is 25.2 Å². The van der Waals surface area contributed by atoms with Crippen LogP contribution in [0.25, 0.3) is 5.69 Å². The number of aromatic nitrogens is 3. The summed E-state index contributed by atoms with van der Waals surface area (Å²) in [4.78, 5) is 14.0. The van der Waals surface area contributed by atoms with Gasteiger partial charge in [-0.1, -0.05) is 17.3 Å². The van der Waals surface area contributed by atoms with E-state index < -0.39 is 40.5 Å². The fraction of sp³-hybridized carbons (Fsp3) is 0.400. The molecule has 4 rings (SSSR count). The Bertz CT molecular complexity index is 837. The Morgan fingerprint density at radius 2 is 1.96 bits per heavy atom. The van der Waals surface area contributed by atoms with Crippen molar-refractivity contribution >= 4 is 5.91 Å². The van der Waals surface area contributed by atoms with Gasteiger partial charge in [0.15, 0.2) is 11.4 Å². The molecule has 0 atom stereocenters. The quantitative estimate of drug-likeness (QED) is 0.832. The lowest BCUT2D eigenvalue weighted by molar-refractivity contribution is -0.143. The fourth-order valence-electron chi connectivity index (χ4n) is 3.24. The van der Waals surface area contributed by atoms with Gasteiger partial charge in [0.2, 0.25) is 0 Å². The van der Waals surface area contributed by atoms with Gasteiger partial charge in [0.25, 0.3) is 5.91 Å². The Labute approximate surface area is 139 Å². The molecule has 2 aromatic rings. The van der Waals surface area contributed by atoms with Gasteiger partial charge >= 0.3 is 6.18 Å². The van der Waals surface area contributed by atoms with E-state index in [0.717, 1.165) is 18.6 Å². The molecule has 0 unspecified atom stereocenters. The lowest BCUT2D eigenvalue weighted by atomic mass is 9.79. The standard InChI is InChI=1S/C15H13F4N5O/c16-9-3-1-2-4-10(9)24-12(15(17,18)19)11(21-22-24)13(25)23-6-5-14(23)7-20-8-14/h1-4,20H,5-8H2. The number of carbonyl (C=O) groups is 1. The normalized spacial score (nSPS) is 18.8. The second kappa shape index (κ2) is 5.25. The summed E-state index contributed by atoms with van der Waals surface area (Å²) in [7, 11) is 0. The molecule has 0 saturated carbocycles. The topological polar surface area (TPSA) is 63.1 Å². The number of amides is 1. The number of carbonyl (C=O) groups excluding carboxylic acids is 1. The van der Waals surface area contributed by atoms with Crippen LogP contribution in [0.2, 0.25) is 0 Å². The van der Waals surface area contributed by atoms with Crippen LogP contribution in [-0.2, 0) is 6.18 Å². The maximum absolute atomic E-state index is 13.9. The molecule has 2 fully saturated rings. The lowest BCUT2D eigenvalue weighted by Crippen LogP contribution is -2.77. The number of halogens is 4. The number of hydrogen-bond acceptors (Lipinski definition) is 4. The molecule has 2 saturated heterocycles. The van der Waals surface area contributed by atoms with E-state index in [4.69, 9.17) is 0 Å². The molecule has 10 heteroatoms. The number of benzene rings is 1. The summed E-state index contributed by atoms with van der Waals surface area (Å²) in [5, 5.41) is 9.87. The van der Waals surface area contributed by atoms with Crippen LogP contribution in [0, 0.1) is 5.82 Å². The van der Waals surface area contributed by atoms with E-state index in [1.165, 1.54) is 17.0 Å². The molecule has 132 valence electrons. The van der Waals surface area contributed by atoms with Crippen LogP contribution in [0.4, 0.5) is 17.6 Å². The summed E-state index contributed by atoms with van der Waals surface area (Å²) < 4.78 is 55.0. The summed E-state index contributed by atoms with van der Waals surface area (Å²) in [5.74, 6) is -1.72. The molecule has 1 N–H and O–H groups in total. The number of hydrogen-bond donors (Lipinski definition) is 1. The predicted octanol–water partition coefficient (Wildman–Crippen LogP) is 1.61. The third-order valence-electron chi connectivity index (χ3n) is 4.75. The van der Waals surface area contributed by atoms with Crippen molar-refractivity contribution in [3.63, 3.8) is 0 Å². The predicted molar refractivity (Wildman–Crippen MR) is 77.6 cm³/mol. The van der Waals surface area contributed by atoms with Crippen LogP contribution in [-0.4, -0.2) is 51.0 Å². The van der Waals surface area contributed by atoms with Crippen molar-refractivity contribution in [3.05, 3.63) is 41.5 Å². The number of alkyl halides is 3. The van der Waals surface area contributed by atoms with Gasteiger partial charge in [-0.15, -0.1) is 5.10 Å². The molecule has 0 aliphatic carbocycles. The van der Waals surface area contributed by atoms with E-state index in [-0.39, 0.29) is 0 Å². The van der Waals surface area contributed by atoms with E-state index in [1.807, 2.05) is 0 Å². The van der Waals surface area contributed by atoms with Crippen LogP contribution in [0.5, 0.6) is 0 Å². The molecule has 1 aromatic heterocycles. The van der Waals surface area contributed by atoms with Gasteiger partial charge in [-0.25, -0.2) is 9.07 Å². The van der Waals surface area contributed by atoms with Crippen molar-refractivity contribution in [2.24, 2.45) is 0 Å². The first kappa shape index (κ1) is 16.0. The molecular weight excluding hydrogens is 342 g/mol. The van der Waals surface area contributed by atoms with Crippen molar-refractivity contribution in [1.29, 1.82) is 0 Å². The largest absolute Gasteiger partial charge is 0.435 e. The third-order valence-corrected chi connectivity index (χ3v) is 4.75. The molecule has 3 heterocycles. The summed E-state index contributed by atoms with van der Waals surface area (Å²) in [6.07, 6.45) is -4.18. The minimum Gasteiger partial charge on any atom is -0.329 e. The number of likely N-dealkylation sites (tertiary alicyclic amines) is 1. The highest BCUT2D eigenvalue weighted by Gasteiger charge is 2.54. The highest BCUT2D eigenvalue weighted by Crippen LogP contribution is 2.38. The smallest absolute Gasteiger partial charge is 0.329 e. The van der Waals surface area contributed by atoms with Gasteiger partial charge in [0.1, 0.15) is 11.5 Å². The summed E-state index contributed by atoms with van der Waals surface area (Å²) in [6, 6.07) is 4.90. The molecule has 1 aromatic carbocycles. The van der Waals surface area contributed by atoms with Gasteiger partial charge in [-0.05, 0) is 18.6 Å². The number of nitrogens with one attached hydrogen (secondary N) is 1. The molecular formula is C15H13F4N5O. The number of nitrogens with zero attached hydrogens (tertiary/aromatic N) is 4. The minimum atomic E-state index is -4.91. The van der Waals surface area contributed by atoms with Crippen molar-refractivity contribution in [2.75, 3.05) is 19.6 Å². The molecule has 2 aliphatic rings. The summed E-state index contributed by atoms with van der Waals surface area (Å²) >= 11 is 0. The van der Waals surface area contributed by atoms with Crippen molar-refractivity contribution < 1.29 is 22.4 Å². The monoisotopic (exact) mass is 355 g/mol. The molecule has 0 radical (unpaired) electrons. The summed E-state index contributed by atoms with van der Waals surface area (Å²) in [5.41, 5.74) is -3.01. The SMILES string of the molecule is O=C(c1nnn(-c2ccccc2F)c1C(F)(F)F)N1CCC12CNC2. The van der Waals surface area contributed by atoms with Crippen LogP contribution in [0.3, 0.4) is 0 Å². The van der Waals surface area contributed by atoms with Crippen LogP contribution < -0.4 is 5.32 Å². The minimum absolute atomic E-state index is 0.341. The van der Waals surface area contributed by atoms with Crippen LogP contribution >= 0.6 is 0 Å². The molecule has 1 amide bonds. The van der Waals surface area contributed by atoms with E-state index in [9.17, 15) is 22.4 Å². The second-order valence-corrected chi connectivity index (χ2v) is 6.18. The van der Waals surface area contributed by atoms with Gasteiger partial charge in [-0.2, -0.15) is 13.2 Å². The Hall–Kier alpha value is -2.49. The Balaban J connectivity index is 1.79. The molecule has 2 aliphatic heterocycles. The number of para-hydroxylation sites is 1. The number of rotatable bonds is 2. The first-order valence-corrected chi connectivity index (χ1v) is 7.64. The highest BCUT2D eigenvalue weighted by molar-refractivity contribution is 5.95. The maximum atomic E-state index is 13.9. The fourth-order valence-corrected chi connectivity index (χ4v) is 3.24. The zero-order valence-electron chi connectivity index (χ0n) is 12.8. The zero-order valence-corrected chi connectivity index (χ0v) is 12.8. The van der Waals surface area contributed by atoms with Gasteiger partial charge in [0, 0.05) is 19.6 Å². The Kier molecular flexibility index (Phi) is 3.36. The average Bonchev–Trinajstić information content (AvgIpc) is 2.89. The Morgan fingerprint density at radius 1 is 1.24 bits per heavy atom. The molecule has 6 nitrogen and oxygen atoms in total. The first-order chi connectivity index (χ1) is 11.8. The third kappa shape index (κ3) is 2.31. The molecule has 25 heavy (non-hydrogen) atoms. The van der Waals surface area contributed by atoms with Gasteiger partial charge in [-0.3, -0.25) is 4.79 Å². The van der Waals surface area contributed by atoms with Gasteiger partial charge in [0.05, 0.1) is 5.54 Å². The van der Waals surface area contributed by atoms with Crippen molar-refractivity contribution in [3.8, 4) is 5.69 Å².